The number of amides is 1. The summed E-state index contributed by atoms with van der Waals surface area (Å²) in [6, 6.07) is 11.0. The Bertz CT molecular complexity index is 1070. The van der Waals surface area contributed by atoms with Gasteiger partial charge in [0, 0.05) is 25.2 Å². The number of fused-ring (bicyclic) bond motifs is 1. The quantitative estimate of drug-likeness (QED) is 0.555. The first-order valence-corrected chi connectivity index (χ1v) is 10.1. The third-order valence-electron chi connectivity index (χ3n) is 4.58. The molecule has 3 rings (SSSR count). The lowest BCUT2D eigenvalue weighted by Gasteiger charge is -2.10. The van der Waals surface area contributed by atoms with E-state index in [1.165, 1.54) is 0 Å². The molecule has 1 aromatic heterocycles. The van der Waals surface area contributed by atoms with Crippen molar-refractivity contribution in [3.63, 3.8) is 0 Å². The van der Waals surface area contributed by atoms with E-state index in [0.717, 1.165) is 15.8 Å². The summed E-state index contributed by atoms with van der Waals surface area (Å²) < 4.78 is 13.0. The van der Waals surface area contributed by atoms with Crippen LogP contribution in [0, 0.1) is 0 Å². The van der Waals surface area contributed by atoms with Gasteiger partial charge in [-0.05, 0) is 72.3 Å². The molecule has 1 amide bonds. The summed E-state index contributed by atoms with van der Waals surface area (Å²) in [5, 5.41) is 2.90. The second-order valence-electron chi connectivity index (χ2n) is 7.02. The van der Waals surface area contributed by atoms with Gasteiger partial charge in [0.1, 0.15) is 5.75 Å². The number of rotatable bonds is 8. The van der Waals surface area contributed by atoms with Crippen LogP contribution in [0.3, 0.4) is 0 Å². The summed E-state index contributed by atoms with van der Waals surface area (Å²) in [6.07, 6.45) is 0.950. The number of methoxy groups -OCH3 is 1. The van der Waals surface area contributed by atoms with Gasteiger partial charge < -0.3 is 19.4 Å². The lowest BCUT2D eigenvalue weighted by Crippen LogP contribution is -2.23. The first-order chi connectivity index (χ1) is 13.9. The normalized spacial score (nSPS) is 11.2. The molecule has 0 bridgehead atoms. The number of aryl methyl sites for hydroxylation is 1. The Kier molecular flexibility index (Phi) is 6.76. The molecule has 8 heteroatoms. The Morgan fingerprint density at radius 1 is 1.24 bits per heavy atom. The average Bonchev–Trinajstić information content (AvgIpc) is 2.99. The van der Waals surface area contributed by atoms with Crippen molar-refractivity contribution in [2.45, 2.75) is 19.4 Å². The van der Waals surface area contributed by atoms with Crippen molar-refractivity contribution >= 4 is 38.6 Å². The van der Waals surface area contributed by atoms with Gasteiger partial charge >= 0.3 is 5.76 Å². The SMILES string of the molecule is COc1ccc(CCC(=O)Nc2ccc3oc(=O)n(CCN(C)C)c3c2)cc1Br. The van der Waals surface area contributed by atoms with Crippen LogP contribution in [0.1, 0.15) is 12.0 Å². The van der Waals surface area contributed by atoms with Gasteiger partial charge in [-0.2, -0.15) is 0 Å². The van der Waals surface area contributed by atoms with Crippen LogP contribution in [-0.2, 0) is 17.8 Å². The fourth-order valence-corrected chi connectivity index (χ4v) is 3.59. The van der Waals surface area contributed by atoms with Gasteiger partial charge in [-0.1, -0.05) is 6.07 Å². The molecular formula is C21H24BrN3O4. The molecule has 2 aromatic carbocycles. The molecule has 0 fully saturated rings. The molecule has 3 aromatic rings. The molecule has 0 radical (unpaired) electrons. The highest BCUT2D eigenvalue weighted by molar-refractivity contribution is 9.10. The predicted octanol–water partition coefficient (Wildman–Crippen LogP) is 3.50. The zero-order chi connectivity index (χ0) is 21.0. The lowest BCUT2D eigenvalue weighted by molar-refractivity contribution is -0.116. The molecule has 0 unspecified atom stereocenters. The molecule has 0 aliphatic rings. The molecule has 29 heavy (non-hydrogen) atoms. The Labute approximate surface area is 177 Å². The fourth-order valence-electron chi connectivity index (χ4n) is 3.00. The molecule has 1 heterocycles. The topological polar surface area (TPSA) is 76.7 Å². The van der Waals surface area contributed by atoms with E-state index in [4.69, 9.17) is 9.15 Å². The Balaban J connectivity index is 1.67. The maximum absolute atomic E-state index is 12.4. The van der Waals surface area contributed by atoms with Crippen molar-refractivity contribution in [1.29, 1.82) is 0 Å². The highest BCUT2D eigenvalue weighted by Crippen LogP contribution is 2.26. The summed E-state index contributed by atoms with van der Waals surface area (Å²) in [6.45, 7) is 1.23. The predicted molar refractivity (Wildman–Crippen MR) is 117 cm³/mol. The third-order valence-corrected chi connectivity index (χ3v) is 5.20. The standard InChI is InChI=1S/C21H24BrN3O4/c1-24(2)10-11-25-17-13-15(6-8-19(17)29-21(25)27)23-20(26)9-5-14-4-7-18(28-3)16(22)12-14/h4,6-8,12-13H,5,9-11H2,1-3H3,(H,23,26). The monoisotopic (exact) mass is 461 g/mol. The van der Waals surface area contributed by atoms with Crippen LogP contribution in [0.4, 0.5) is 5.69 Å². The second kappa shape index (κ2) is 9.28. The number of halogens is 1. The minimum atomic E-state index is -0.393. The smallest absolute Gasteiger partial charge is 0.419 e. The molecule has 0 saturated heterocycles. The first kappa shape index (κ1) is 21.1. The summed E-state index contributed by atoms with van der Waals surface area (Å²) in [7, 11) is 5.50. The number of likely N-dealkylation sites (N-methyl/N-ethyl adjacent to an activating group) is 1. The van der Waals surface area contributed by atoms with Gasteiger partial charge in [0.2, 0.25) is 5.91 Å². The number of carbonyl (C=O) groups excluding carboxylic acids is 1. The van der Waals surface area contributed by atoms with Crippen molar-refractivity contribution in [3.05, 3.63) is 57.0 Å². The number of oxazole rings is 1. The lowest BCUT2D eigenvalue weighted by atomic mass is 10.1. The van der Waals surface area contributed by atoms with Gasteiger partial charge in [0.25, 0.3) is 0 Å². The number of nitrogens with one attached hydrogen (secondary N) is 1. The van der Waals surface area contributed by atoms with E-state index in [-0.39, 0.29) is 5.91 Å². The maximum atomic E-state index is 12.4. The van der Waals surface area contributed by atoms with Gasteiger partial charge in [0.05, 0.1) is 17.1 Å². The summed E-state index contributed by atoms with van der Waals surface area (Å²) in [5.74, 6) is 0.268. The Morgan fingerprint density at radius 3 is 2.72 bits per heavy atom. The molecule has 7 nitrogen and oxygen atoms in total. The molecule has 0 spiro atoms. The number of nitrogens with zero attached hydrogens (tertiary/aromatic N) is 2. The van der Waals surface area contributed by atoms with E-state index < -0.39 is 5.76 Å². The van der Waals surface area contributed by atoms with E-state index in [2.05, 4.69) is 21.2 Å². The minimum absolute atomic E-state index is 0.0954. The van der Waals surface area contributed by atoms with E-state index in [0.29, 0.717) is 42.7 Å². The van der Waals surface area contributed by atoms with Gasteiger partial charge in [-0.15, -0.1) is 0 Å². The van der Waals surface area contributed by atoms with E-state index in [1.807, 2.05) is 37.2 Å². The fraction of sp³-hybridized carbons (Fsp3) is 0.333. The van der Waals surface area contributed by atoms with Crippen LogP contribution < -0.4 is 15.8 Å². The van der Waals surface area contributed by atoms with Crippen LogP contribution in [0.15, 0.2) is 50.1 Å². The van der Waals surface area contributed by atoms with Crippen LogP contribution in [-0.4, -0.2) is 43.1 Å². The third kappa shape index (κ3) is 5.27. The summed E-state index contributed by atoms with van der Waals surface area (Å²) >= 11 is 3.46. The average molecular weight is 462 g/mol. The van der Waals surface area contributed by atoms with Crippen molar-refractivity contribution in [3.8, 4) is 5.75 Å². The Hall–Kier alpha value is -2.58. The zero-order valence-electron chi connectivity index (χ0n) is 16.7. The van der Waals surface area contributed by atoms with E-state index >= 15 is 0 Å². The van der Waals surface area contributed by atoms with Gasteiger partial charge in [-0.3, -0.25) is 9.36 Å². The molecule has 0 saturated carbocycles. The Morgan fingerprint density at radius 2 is 2.03 bits per heavy atom. The second-order valence-corrected chi connectivity index (χ2v) is 7.88. The van der Waals surface area contributed by atoms with Crippen molar-refractivity contribution < 1.29 is 13.9 Å². The van der Waals surface area contributed by atoms with Crippen molar-refractivity contribution in [2.75, 3.05) is 33.1 Å². The molecule has 1 N–H and O–H groups in total. The number of ether oxygens (including phenoxy) is 1. The number of carbonyl (C=O) groups is 1. The molecule has 0 aliphatic carbocycles. The maximum Gasteiger partial charge on any atom is 0.419 e. The number of anilines is 1. The van der Waals surface area contributed by atoms with Crippen LogP contribution >= 0.6 is 15.9 Å². The van der Waals surface area contributed by atoms with Crippen LogP contribution in [0.2, 0.25) is 0 Å². The highest BCUT2D eigenvalue weighted by atomic mass is 79.9. The molecule has 0 atom stereocenters. The molecule has 154 valence electrons. The van der Waals surface area contributed by atoms with Gasteiger partial charge in [-0.25, -0.2) is 4.79 Å². The molecular weight excluding hydrogens is 438 g/mol. The first-order valence-electron chi connectivity index (χ1n) is 9.28. The zero-order valence-corrected chi connectivity index (χ0v) is 18.3. The highest BCUT2D eigenvalue weighted by Gasteiger charge is 2.12. The number of hydrogen-bond acceptors (Lipinski definition) is 5. The van der Waals surface area contributed by atoms with E-state index in [9.17, 15) is 9.59 Å². The minimum Gasteiger partial charge on any atom is -0.496 e. The van der Waals surface area contributed by atoms with Crippen LogP contribution in [0.25, 0.3) is 11.1 Å². The van der Waals surface area contributed by atoms with Gasteiger partial charge in [0.15, 0.2) is 5.58 Å². The molecule has 0 aliphatic heterocycles. The van der Waals surface area contributed by atoms with Crippen molar-refractivity contribution in [1.82, 2.24) is 9.47 Å². The van der Waals surface area contributed by atoms with E-state index in [1.54, 1.807) is 29.9 Å². The number of hydrogen-bond donors (Lipinski definition) is 1. The summed E-state index contributed by atoms with van der Waals surface area (Å²) in [4.78, 5) is 26.5. The van der Waals surface area contributed by atoms with Crippen molar-refractivity contribution in [2.24, 2.45) is 0 Å². The number of aromatic nitrogens is 1. The number of benzene rings is 2. The summed E-state index contributed by atoms with van der Waals surface area (Å²) in [5.41, 5.74) is 2.86. The van der Waals surface area contributed by atoms with Crippen LogP contribution in [0.5, 0.6) is 5.75 Å². The largest absolute Gasteiger partial charge is 0.496 e.